The molecule has 0 saturated heterocycles. The minimum absolute atomic E-state index is 0.182. The quantitative estimate of drug-likeness (QED) is 0.612. The molecule has 6 heteroatoms. The Kier molecular flexibility index (Phi) is 3.50. The summed E-state index contributed by atoms with van der Waals surface area (Å²) in [6, 6.07) is 17.6. The van der Waals surface area contributed by atoms with Gasteiger partial charge < -0.3 is 4.98 Å². The van der Waals surface area contributed by atoms with Crippen molar-refractivity contribution in [3.8, 4) is 17.1 Å². The maximum atomic E-state index is 12.4. The fourth-order valence-corrected chi connectivity index (χ4v) is 2.71. The summed E-state index contributed by atoms with van der Waals surface area (Å²) >= 11 is 0. The average Bonchev–Trinajstić information content (AvgIpc) is 2.62. The Morgan fingerprint density at radius 1 is 0.920 bits per heavy atom. The highest BCUT2D eigenvalue weighted by atomic mass is 16.1. The molecule has 0 atom stereocenters. The van der Waals surface area contributed by atoms with Gasteiger partial charge in [0, 0.05) is 6.07 Å². The molecule has 0 bridgehead atoms. The van der Waals surface area contributed by atoms with Crippen LogP contribution in [0, 0.1) is 6.92 Å². The first-order valence-electron chi connectivity index (χ1n) is 7.79. The van der Waals surface area contributed by atoms with Gasteiger partial charge in [-0.25, -0.2) is 4.98 Å². The van der Waals surface area contributed by atoms with Crippen molar-refractivity contribution in [3.63, 3.8) is 0 Å². The number of hydrogen-bond acceptors (Lipinski definition) is 4. The SMILES string of the molecule is Cc1ccccc1-n1nc(-c2nc3ccccc3[nH]c2=O)ccc1=O. The second kappa shape index (κ2) is 5.83. The van der Waals surface area contributed by atoms with Gasteiger partial charge in [-0.1, -0.05) is 30.3 Å². The highest BCUT2D eigenvalue weighted by Crippen LogP contribution is 2.15. The lowest BCUT2D eigenvalue weighted by molar-refractivity contribution is 0.804. The van der Waals surface area contributed by atoms with E-state index >= 15 is 0 Å². The molecule has 122 valence electrons. The minimum Gasteiger partial charge on any atom is -0.319 e. The number of aryl methyl sites for hydroxylation is 1. The number of aromatic amines is 1. The van der Waals surface area contributed by atoms with E-state index in [9.17, 15) is 9.59 Å². The summed E-state index contributed by atoms with van der Waals surface area (Å²) in [6.45, 7) is 1.90. The number of nitrogens with one attached hydrogen (secondary N) is 1. The van der Waals surface area contributed by atoms with Crippen LogP contribution in [0.1, 0.15) is 5.56 Å². The lowest BCUT2D eigenvalue weighted by atomic mass is 10.2. The van der Waals surface area contributed by atoms with E-state index in [0.29, 0.717) is 22.4 Å². The van der Waals surface area contributed by atoms with E-state index in [-0.39, 0.29) is 16.8 Å². The van der Waals surface area contributed by atoms with Gasteiger partial charge >= 0.3 is 0 Å². The first-order valence-corrected chi connectivity index (χ1v) is 7.79. The predicted octanol–water partition coefficient (Wildman–Crippen LogP) is 2.44. The van der Waals surface area contributed by atoms with E-state index in [1.165, 1.54) is 16.8 Å². The second-order valence-electron chi connectivity index (χ2n) is 5.69. The highest BCUT2D eigenvalue weighted by Gasteiger charge is 2.12. The summed E-state index contributed by atoms with van der Waals surface area (Å²) < 4.78 is 1.29. The lowest BCUT2D eigenvalue weighted by Crippen LogP contribution is -2.22. The van der Waals surface area contributed by atoms with Crippen LogP contribution in [0.3, 0.4) is 0 Å². The van der Waals surface area contributed by atoms with Crippen molar-refractivity contribution in [1.29, 1.82) is 0 Å². The van der Waals surface area contributed by atoms with E-state index in [1.54, 1.807) is 6.07 Å². The zero-order valence-electron chi connectivity index (χ0n) is 13.4. The Labute approximate surface area is 142 Å². The lowest BCUT2D eigenvalue weighted by Gasteiger charge is -2.09. The number of benzene rings is 2. The summed E-state index contributed by atoms with van der Waals surface area (Å²) in [4.78, 5) is 31.8. The molecule has 2 heterocycles. The normalized spacial score (nSPS) is 10.9. The number of rotatable bonds is 2. The smallest absolute Gasteiger partial charge is 0.276 e. The van der Waals surface area contributed by atoms with E-state index in [2.05, 4.69) is 15.1 Å². The fourth-order valence-electron chi connectivity index (χ4n) is 2.71. The van der Waals surface area contributed by atoms with Gasteiger partial charge in [0.05, 0.1) is 16.7 Å². The molecule has 2 aromatic carbocycles. The van der Waals surface area contributed by atoms with Crippen molar-refractivity contribution in [1.82, 2.24) is 19.7 Å². The highest BCUT2D eigenvalue weighted by molar-refractivity contribution is 5.76. The molecular weight excluding hydrogens is 316 g/mol. The molecule has 4 rings (SSSR count). The molecular formula is C19H14N4O2. The number of fused-ring (bicyclic) bond motifs is 1. The largest absolute Gasteiger partial charge is 0.319 e. The van der Waals surface area contributed by atoms with Crippen molar-refractivity contribution >= 4 is 11.0 Å². The van der Waals surface area contributed by atoms with Gasteiger partial charge in [-0.2, -0.15) is 9.78 Å². The molecule has 0 aliphatic rings. The predicted molar refractivity (Wildman–Crippen MR) is 95.9 cm³/mol. The number of nitrogens with zero attached hydrogens (tertiary/aromatic N) is 3. The summed E-state index contributed by atoms with van der Waals surface area (Å²) in [5.74, 6) is 0. The zero-order valence-corrected chi connectivity index (χ0v) is 13.4. The third-order valence-corrected chi connectivity index (χ3v) is 3.99. The Hall–Kier alpha value is -3.54. The Balaban J connectivity index is 1.95. The second-order valence-corrected chi connectivity index (χ2v) is 5.69. The first kappa shape index (κ1) is 15.0. The van der Waals surface area contributed by atoms with E-state index in [4.69, 9.17) is 0 Å². The van der Waals surface area contributed by atoms with Gasteiger partial charge in [-0.15, -0.1) is 0 Å². The molecule has 0 aliphatic carbocycles. The maximum absolute atomic E-state index is 12.4. The van der Waals surface area contributed by atoms with E-state index < -0.39 is 0 Å². The van der Waals surface area contributed by atoms with Gasteiger partial charge in [-0.05, 0) is 36.8 Å². The van der Waals surface area contributed by atoms with Crippen molar-refractivity contribution in [2.75, 3.05) is 0 Å². The van der Waals surface area contributed by atoms with Crippen molar-refractivity contribution in [2.24, 2.45) is 0 Å². The minimum atomic E-state index is -0.346. The maximum Gasteiger partial charge on any atom is 0.276 e. The molecule has 6 nitrogen and oxygen atoms in total. The first-order chi connectivity index (χ1) is 12.1. The Bertz CT molecular complexity index is 1210. The third kappa shape index (κ3) is 2.63. The molecule has 0 fully saturated rings. The summed E-state index contributed by atoms with van der Waals surface area (Å²) in [5.41, 5.74) is 2.81. The zero-order chi connectivity index (χ0) is 17.4. The molecule has 0 unspecified atom stereocenters. The van der Waals surface area contributed by atoms with E-state index in [0.717, 1.165) is 5.56 Å². The molecule has 0 saturated carbocycles. The number of H-pyrrole nitrogens is 1. The van der Waals surface area contributed by atoms with Crippen LogP contribution in [0.2, 0.25) is 0 Å². The Morgan fingerprint density at radius 2 is 1.68 bits per heavy atom. The fraction of sp³-hybridized carbons (Fsp3) is 0.0526. The van der Waals surface area contributed by atoms with Crippen LogP contribution < -0.4 is 11.1 Å². The van der Waals surface area contributed by atoms with Crippen LogP contribution in [-0.2, 0) is 0 Å². The molecule has 0 radical (unpaired) electrons. The van der Waals surface area contributed by atoms with Crippen molar-refractivity contribution in [2.45, 2.75) is 6.92 Å². The topological polar surface area (TPSA) is 80.6 Å². The van der Waals surface area contributed by atoms with Gasteiger partial charge in [0.1, 0.15) is 5.69 Å². The molecule has 0 spiro atoms. The monoisotopic (exact) mass is 330 g/mol. The van der Waals surface area contributed by atoms with Gasteiger partial charge in [-0.3, -0.25) is 9.59 Å². The number of hydrogen-bond donors (Lipinski definition) is 1. The van der Waals surface area contributed by atoms with Crippen LogP contribution in [0.15, 0.2) is 70.3 Å². The van der Waals surface area contributed by atoms with Crippen LogP contribution in [0.25, 0.3) is 28.1 Å². The van der Waals surface area contributed by atoms with Crippen molar-refractivity contribution in [3.05, 3.63) is 86.9 Å². The standard InChI is InChI=1S/C19H14N4O2/c1-12-6-2-5-9-16(12)23-17(24)11-10-15(22-23)18-19(25)21-14-8-4-3-7-13(14)20-18/h2-11H,1H3,(H,21,25). The molecule has 1 N–H and O–H groups in total. The average molecular weight is 330 g/mol. The summed E-state index contributed by atoms with van der Waals surface area (Å²) in [6.07, 6.45) is 0. The van der Waals surface area contributed by atoms with Gasteiger partial charge in [0.2, 0.25) is 0 Å². The summed E-state index contributed by atoms with van der Waals surface area (Å²) in [5, 5.41) is 4.36. The molecule has 2 aromatic heterocycles. The number of aromatic nitrogens is 4. The van der Waals surface area contributed by atoms with Gasteiger partial charge in [0.25, 0.3) is 11.1 Å². The molecule has 25 heavy (non-hydrogen) atoms. The third-order valence-electron chi connectivity index (χ3n) is 3.99. The molecule has 0 aliphatic heterocycles. The van der Waals surface area contributed by atoms with Crippen LogP contribution >= 0.6 is 0 Å². The van der Waals surface area contributed by atoms with Crippen LogP contribution in [0.4, 0.5) is 0 Å². The Morgan fingerprint density at radius 3 is 2.52 bits per heavy atom. The van der Waals surface area contributed by atoms with Gasteiger partial charge in [0.15, 0.2) is 5.69 Å². The number of para-hydroxylation sites is 3. The summed E-state index contributed by atoms with van der Waals surface area (Å²) in [7, 11) is 0. The molecule has 4 aromatic rings. The van der Waals surface area contributed by atoms with Crippen LogP contribution in [0.5, 0.6) is 0 Å². The van der Waals surface area contributed by atoms with Crippen molar-refractivity contribution < 1.29 is 0 Å². The van der Waals surface area contributed by atoms with Crippen LogP contribution in [-0.4, -0.2) is 19.7 Å². The molecule has 0 amide bonds. The van der Waals surface area contributed by atoms with E-state index in [1.807, 2.05) is 49.4 Å².